The molecule has 158 valence electrons. The minimum Gasteiger partial charge on any atom is -0.367 e. The number of hydrogen-bond acceptors (Lipinski definition) is 6. The lowest BCUT2D eigenvalue weighted by molar-refractivity contribution is -0.123. The van der Waals surface area contributed by atoms with Crippen molar-refractivity contribution in [3.05, 3.63) is 30.1 Å². The van der Waals surface area contributed by atoms with Crippen molar-refractivity contribution in [3.63, 3.8) is 0 Å². The second-order valence-electron chi connectivity index (χ2n) is 8.66. The maximum absolute atomic E-state index is 12.7. The summed E-state index contributed by atoms with van der Waals surface area (Å²) < 4.78 is 0. The molecule has 7 nitrogen and oxygen atoms in total. The maximum Gasteiger partial charge on any atom is 0.220 e. The molecular formula is C23H30N6O. The van der Waals surface area contributed by atoms with Crippen molar-refractivity contribution in [1.82, 2.24) is 20.2 Å². The number of rotatable bonds is 5. The Bertz CT molecular complexity index is 954. The van der Waals surface area contributed by atoms with Gasteiger partial charge in [-0.1, -0.05) is 13.8 Å². The van der Waals surface area contributed by atoms with Gasteiger partial charge in [-0.15, -0.1) is 0 Å². The molecule has 3 atom stereocenters. The van der Waals surface area contributed by atoms with E-state index in [-0.39, 0.29) is 11.9 Å². The Labute approximate surface area is 178 Å². The highest BCUT2D eigenvalue weighted by Gasteiger charge is 2.32. The summed E-state index contributed by atoms with van der Waals surface area (Å²) >= 11 is 0. The Balaban J connectivity index is 1.42. The lowest BCUT2D eigenvalue weighted by atomic mass is 9.94. The van der Waals surface area contributed by atoms with Gasteiger partial charge in [0, 0.05) is 38.4 Å². The van der Waals surface area contributed by atoms with E-state index in [0.29, 0.717) is 29.3 Å². The van der Waals surface area contributed by atoms with Crippen LogP contribution in [0, 0.1) is 23.2 Å². The molecule has 30 heavy (non-hydrogen) atoms. The zero-order chi connectivity index (χ0) is 21.1. The van der Waals surface area contributed by atoms with E-state index in [9.17, 15) is 10.1 Å². The van der Waals surface area contributed by atoms with E-state index in [1.165, 1.54) is 6.42 Å². The van der Waals surface area contributed by atoms with Crippen LogP contribution in [0.2, 0.25) is 0 Å². The van der Waals surface area contributed by atoms with Crippen LogP contribution in [0.1, 0.15) is 38.7 Å². The predicted molar refractivity (Wildman–Crippen MR) is 117 cm³/mol. The summed E-state index contributed by atoms with van der Waals surface area (Å²) in [6, 6.07) is 6.08. The number of benzene rings is 1. The number of hydrogen-bond donors (Lipinski definition) is 1. The molecule has 0 aliphatic carbocycles. The summed E-state index contributed by atoms with van der Waals surface area (Å²) in [5.41, 5.74) is 2.90. The molecule has 1 aromatic carbocycles. The topological polar surface area (TPSA) is 85.2 Å². The zero-order valence-electron chi connectivity index (χ0n) is 17.8. The number of likely N-dealkylation sites (tertiary alicyclic amines) is 1. The second kappa shape index (κ2) is 8.97. The molecule has 0 radical (unpaired) electrons. The number of amides is 1. The molecule has 1 N–H and O–H groups in total. The molecule has 3 heterocycles. The van der Waals surface area contributed by atoms with Gasteiger partial charge in [-0.25, -0.2) is 0 Å². The average Bonchev–Trinajstić information content (AvgIpc) is 3.12. The van der Waals surface area contributed by atoms with Gasteiger partial charge in [0.25, 0.3) is 0 Å². The fourth-order valence-corrected chi connectivity index (χ4v) is 4.87. The van der Waals surface area contributed by atoms with Crippen LogP contribution in [0.4, 0.5) is 5.69 Å². The minimum atomic E-state index is 0.116. The zero-order valence-corrected chi connectivity index (χ0v) is 17.8. The van der Waals surface area contributed by atoms with Gasteiger partial charge in [0.05, 0.1) is 17.3 Å². The normalized spacial score (nSPS) is 24.7. The van der Waals surface area contributed by atoms with E-state index in [1.807, 2.05) is 12.1 Å². The van der Waals surface area contributed by atoms with Crippen molar-refractivity contribution in [2.75, 3.05) is 37.6 Å². The van der Waals surface area contributed by atoms with E-state index in [4.69, 9.17) is 0 Å². The van der Waals surface area contributed by atoms with E-state index < -0.39 is 0 Å². The Morgan fingerprint density at radius 1 is 1.23 bits per heavy atom. The van der Waals surface area contributed by atoms with Crippen LogP contribution in [0.3, 0.4) is 0 Å². The number of nitrogens with one attached hydrogen (secondary N) is 1. The number of anilines is 1. The monoisotopic (exact) mass is 406 g/mol. The first-order valence-electron chi connectivity index (χ1n) is 11.0. The summed E-state index contributed by atoms with van der Waals surface area (Å²) in [7, 11) is 0. The first-order valence-corrected chi connectivity index (χ1v) is 11.0. The summed E-state index contributed by atoms with van der Waals surface area (Å²) in [6.07, 6.45) is 6.23. The number of nitrogens with zero attached hydrogens (tertiary/aromatic N) is 5. The maximum atomic E-state index is 12.7. The van der Waals surface area contributed by atoms with Crippen LogP contribution in [-0.4, -0.2) is 59.5 Å². The third kappa shape index (κ3) is 4.24. The largest absolute Gasteiger partial charge is 0.367 e. The lowest BCUT2D eigenvalue weighted by Gasteiger charge is -2.31. The van der Waals surface area contributed by atoms with Crippen molar-refractivity contribution in [3.8, 4) is 6.07 Å². The van der Waals surface area contributed by atoms with Gasteiger partial charge in [0.2, 0.25) is 5.91 Å². The van der Waals surface area contributed by atoms with Crippen molar-refractivity contribution in [2.45, 2.75) is 39.2 Å². The van der Waals surface area contributed by atoms with Crippen LogP contribution in [-0.2, 0) is 4.79 Å². The number of fused-ring (bicyclic) bond motifs is 1. The second-order valence-corrected chi connectivity index (χ2v) is 8.66. The highest BCUT2D eigenvalue weighted by atomic mass is 16.1. The Hall–Kier alpha value is -2.72. The van der Waals surface area contributed by atoms with Crippen molar-refractivity contribution >= 4 is 22.6 Å². The predicted octanol–water partition coefficient (Wildman–Crippen LogP) is 2.56. The van der Waals surface area contributed by atoms with Crippen molar-refractivity contribution < 1.29 is 4.79 Å². The third-order valence-corrected chi connectivity index (χ3v) is 6.55. The first-order chi connectivity index (χ1) is 14.6. The highest BCUT2D eigenvalue weighted by Crippen LogP contribution is 2.31. The lowest BCUT2D eigenvalue weighted by Crippen LogP contribution is -2.42. The van der Waals surface area contributed by atoms with Crippen LogP contribution < -0.4 is 10.2 Å². The summed E-state index contributed by atoms with van der Waals surface area (Å²) in [5, 5.41) is 12.7. The van der Waals surface area contributed by atoms with Gasteiger partial charge in [-0.3, -0.25) is 14.8 Å². The van der Waals surface area contributed by atoms with Gasteiger partial charge in [0.1, 0.15) is 17.1 Å². The van der Waals surface area contributed by atoms with Gasteiger partial charge < -0.3 is 15.1 Å². The van der Waals surface area contributed by atoms with Crippen LogP contribution in [0.15, 0.2) is 24.5 Å². The molecule has 0 saturated carbocycles. The molecule has 2 aliphatic rings. The third-order valence-electron chi connectivity index (χ3n) is 6.55. The molecule has 0 spiro atoms. The molecule has 7 heteroatoms. The van der Waals surface area contributed by atoms with E-state index >= 15 is 0 Å². The number of aromatic nitrogens is 2. The molecule has 0 bridgehead atoms. The first kappa shape index (κ1) is 20.5. The van der Waals surface area contributed by atoms with Crippen molar-refractivity contribution in [2.24, 2.45) is 11.8 Å². The fraction of sp³-hybridized carbons (Fsp3) is 0.565. The van der Waals surface area contributed by atoms with Crippen molar-refractivity contribution in [1.29, 1.82) is 5.26 Å². The Kier molecular flexibility index (Phi) is 6.14. The summed E-state index contributed by atoms with van der Waals surface area (Å²) in [6.45, 7) is 9.22. The summed E-state index contributed by atoms with van der Waals surface area (Å²) in [4.78, 5) is 26.3. The van der Waals surface area contributed by atoms with E-state index in [2.05, 4.69) is 45.0 Å². The molecule has 4 rings (SSSR count). The standard InChI is InChI=1S/C23H30N6O/c1-3-28-10-4-5-17(14-28)11-21(30)27-19-15-29(13-16(19)2)20-7-6-18(12-24)22-23(20)26-9-8-25-22/h6-9,16-17,19H,3-5,10-11,13-15H2,1-2H3,(H,27,30). The molecule has 2 aliphatic heterocycles. The Morgan fingerprint density at radius 2 is 2.03 bits per heavy atom. The molecule has 2 saturated heterocycles. The van der Waals surface area contributed by atoms with Gasteiger partial charge in [0.15, 0.2) is 0 Å². The SMILES string of the molecule is CCN1CCCC(CC(=O)NC2CN(c3ccc(C#N)c4nccnc34)CC2C)C1. The molecular weight excluding hydrogens is 376 g/mol. The van der Waals surface area contributed by atoms with Crippen LogP contribution >= 0.6 is 0 Å². The molecule has 1 amide bonds. The number of piperidine rings is 1. The van der Waals surface area contributed by atoms with Crippen LogP contribution in [0.5, 0.6) is 0 Å². The minimum absolute atomic E-state index is 0.116. The van der Waals surface area contributed by atoms with Gasteiger partial charge in [-0.2, -0.15) is 5.26 Å². The van der Waals surface area contributed by atoms with E-state index in [1.54, 1.807) is 12.4 Å². The number of carbonyl (C=O) groups is 1. The highest BCUT2D eigenvalue weighted by molar-refractivity contribution is 5.92. The molecule has 2 fully saturated rings. The smallest absolute Gasteiger partial charge is 0.220 e. The number of carbonyl (C=O) groups excluding carboxylic acids is 1. The van der Waals surface area contributed by atoms with E-state index in [0.717, 1.165) is 50.3 Å². The fourth-order valence-electron chi connectivity index (χ4n) is 4.87. The van der Waals surface area contributed by atoms with Gasteiger partial charge in [-0.05, 0) is 49.9 Å². The quantitative estimate of drug-likeness (QED) is 0.821. The summed E-state index contributed by atoms with van der Waals surface area (Å²) in [5.74, 6) is 0.972. The van der Waals surface area contributed by atoms with Gasteiger partial charge >= 0.3 is 0 Å². The van der Waals surface area contributed by atoms with Crippen LogP contribution in [0.25, 0.3) is 11.0 Å². The number of nitriles is 1. The molecule has 2 aromatic rings. The molecule has 1 aromatic heterocycles. The Morgan fingerprint density at radius 3 is 2.80 bits per heavy atom. The average molecular weight is 407 g/mol. The molecule has 3 unspecified atom stereocenters.